The van der Waals surface area contributed by atoms with Gasteiger partial charge in [0.05, 0.1) is 5.69 Å². The molecule has 0 spiro atoms. The molecule has 0 bridgehead atoms. The fraction of sp³-hybridized carbons (Fsp3) is 0.636. The first-order valence-corrected chi connectivity index (χ1v) is 10.3. The Kier molecular flexibility index (Phi) is 6.16. The fourth-order valence-electron chi connectivity index (χ4n) is 3.79. The second-order valence-corrected chi connectivity index (χ2v) is 8.94. The molecule has 28 heavy (non-hydrogen) atoms. The average molecular weight is 389 g/mol. The van der Waals surface area contributed by atoms with Gasteiger partial charge in [0.25, 0.3) is 5.91 Å². The summed E-state index contributed by atoms with van der Waals surface area (Å²) in [5, 5.41) is 2.87. The molecular weight excluding hydrogens is 356 g/mol. The van der Waals surface area contributed by atoms with Crippen LogP contribution in [0.1, 0.15) is 65.4 Å². The molecule has 154 valence electrons. The normalized spacial score (nSPS) is 20.0. The summed E-state index contributed by atoms with van der Waals surface area (Å²) in [4.78, 5) is 26.5. The SMILES string of the molecule is CC1Oc2ccc(CN(CC3CCCCC3)C(=O)OC(C)(C)C)cc2NC1=O. The number of hydrogen-bond acceptors (Lipinski definition) is 4. The summed E-state index contributed by atoms with van der Waals surface area (Å²) in [5.41, 5.74) is 1.07. The van der Waals surface area contributed by atoms with Gasteiger partial charge >= 0.3 is 6.09 Å². The Balaban J connectivity index is 1.75. The lowest BCUT2D eigenvalue weighted by molar-refractivity contribution is -0.122. The van der Waals surface area contributed by atoms with Gasteiger partial charge in [0.15, 0.2) is 6.10 Å². The van der Waals surface area contributed by atoms with Crippen LogP contribution in [0.5, 0.6) is 5.75 Å². The maximum Gasteiger partial charge on any atom is 0.410 e. The minimum absolute atomic E-state index is 0.157. The van der Waals surface area contributed by atoms with E-state index in [0.29, 0.717) is 30.4 Å². The van der Waals surface area contributed by atoms with Gasteiger partial charge in [0.1, 0.15) is 11.4 Å². The van der Waals surface area contributed by atoms with Crippen molar-refractivity contribution in [2.75, 3.05) is 11.9 Å². The molecule has 2 aliphatic rings. The van der Waals surface area contributed by atoms with Crippen LogP contribution >= 0.6 is 0 Å². The van der Waals surface area contributed by atoms with Crippen molar-refractivity contribution < 1.29 is 19.1 Å². The zero-order valence-electron chi connectivity index (χ0n) is 17.4. The lowest BCUT2D eigenvalue weighted by Gasteiger charge is -2.32. The van der Waals surface area contributed by atoms with Crippen molar-refractivity contribution in [2.24, 2.45) is 5.92 Å². The molecule has 0 radical (unpaired) electrons. The van der Waals surface area contributed by atoms with E-state index in [1.807, 2.05) is 39.0 Å². The van der Waals surface area contributed by atoms with Gasteiger partial charge in [-0.15, -0.1) is 0 Å². The van der Waals surface area contributed by atoms with E-state index in [1.165, 1.54) is 19.3 Å². The Labute approximate surface area is 167 Å². The monoisotopic (exact) mass is 388 g/mol. The quantitative estimate of drug-likeness (QED) is 0.810. The fourth-order valence-corrected chi connectivity index (χ4v) is 3.79. The number of ether oxygens (including phenoxy) is 2. The average Bonchev–Trinajstić information content (AvgIpc) is 2.62. The molecule has 1 aromatic rings. The largest absolute Gasteiger partial charge is 0.479 e. The third-order valence-electron chi connectivity index (χ3n) is 5.20. The minimum atomic E-state index is -0.532. The van der Waals surface area contributed by atoms with E-state index in [0.717, 1.165) is 18.4 Å². The van der Waals surface area contributed by atoms with E-state index in [2.05, 4.69) is 5.32 Å². The molecular formula is C22H32N2O4. The number of hydrogen-bond donors (Lipinski definition) is 1. The lowest BCUT2D eigenvalue weighted by atomic mass is 9.89. The van der Waals surface area contributed by atoms with Gasteiger partial charge in [-0.05, 0) is 64.2 Å². The Morgan fingerprint density at radius 1 is 1.25 bits per heavy atom. The molecule has 6 heteroatoms. The third-order valence-corrected chi connectivity index (χ3v) is 5.20. The van der Waals surface area contributed by atoms with Gasteiger partial charge in [0, 0.05) is 13.1 Å². The Bertz CT molecular complexity index is 720. The van der Waals surface area contributed by atoms with Gasteiger partial charge in [-0.1, -0.05) is 25.3 Å². The molecule has 3 rings (SSSR count). The molecule has 1 unspecified atom stereocenters. The van der Waals surface area contributed by atoms with Crippen molar-refractivity contribution in [1.29, 1.82) is 0 Å². The maximum absolute atomic E-state index is 12.8. The molecule has 0 saturated heterocycles. The van der Waals surface area contributed by atoms with Crippen LogP contribution in [0.3, 0.4) is 0 Å². The van der Waals surface area contributed by atoms with E-state index in [4.69, 9.17) is 9.47 Å². The van der Waals surface area contributed by atoms with Crippen LogP contribution in [0, 0.1) is 5.92 Å². The molecule has 2 amide bonds. The molecule has 0 aromatic heterocycles. The van der Waals surface area contributed by atoms with Crippen LogP contribution in [0.25, 0.3) is 0 Å². The molecule has 6 nitrogen and oxygen atoms in total. The van der Waals surface area contributed by atoms with Crippen molar-refractivity contribution in [3.8, 4) is 5.75 Å². The van der Waals surface area contributed by atoms with E-state index < -0.39 is 11.7 Å². The van der Waals surface area contributed by atoms with E-state index in [9.17, 15) is 9.59 Å². The van der Waals surface area contributed by atoms with E-state index in [1.54, 1.807) is 11.8 Å². The summed E-state index contributed by atoms with van der Waals surface area (Å²) < 4.78 is 11.3. The van der Waals surface area contributed by atoms with Gasteiger partial charge in [-0.3, -0.25) is 4.79 Å². The predicted molar refractivity (Wildman–Crippen MR) is 108 cm³/mol. The first-order valence-electron chi connectivity index (χ1n) is 10.3. The lowest BCUT2D eigenvalue weighted by Crippen LogP contribution is -2.39. The number of carbonyl (C=O) groups excluding carboxylic acids is 2. The summed E-state index contributed by atoms with van der Waals surface area (Å²) in [6.45, 7) is 8.53. The van der Waals surface area contributed by atoms with Crippen LogP contribution in [-0.4, -0.2) is 35.2 Å². The number of anilines is 1. The van der Waals surface area contributed by atoms with Crippen molar-refractivity contribution >= 4 is 17.7 Å². The maximum atomic E-state index is 12.8. The standard InChI is InChI=1S/C22H32N2O4/c1-15-20(25)23-18-12-17(10-11-19(18)27-15)14-24(21(26)28-22(2,3)4)13-16-8-6-5-7-9-16/h10-12,15-16H,5-9,13-14H2,1-4H3,(H,23,25). The van der Waals surface area contributed by atoms with Crippen LogP contribution in [0.2, 0.25) is 0 Å². The number of nitrogens with zero attached hydrogens (tertiary/aromatic N) is 1. The molecule has 1 heterocycles. The molecule has 1 atom stereocenters. The zero-order chi connectivity index (χ0) is 20.3. The number of benzene rings is 1. The van der Waals surface area contributed by atoms with Gasteiger partial charge in [0.2, 0.25) is 0 Å². The van der Waals surface area contributed by atoms with Crippen LogP contribution < -0.4 is 10.1 Å². The summed E-state index contributed by atoms with van der Waals surface area (Å²) >= 11 is 0. The molecule has 1 fully saturated rings. The first kappa shape index (κ1) is 20.5. The smallest absolute Gasteiger partial charge is 0.410 e. The van der Waals surface area contributed by atoms with Crippen molar-refractivity contribution in [3.63, 3.8) is 0 Å². The number of nitrogens with one attached hydrogen (secondary N) is 1. The zero-order valence-corrected chi connectivity index (χ0v) is 17.4. The van der Waals surface area contributed by atoms with Crippen molar-refractivity contribution in [1.82, 2.24) is 4.90 Å². The highest BCUT2D eigenvalue weighted by Crippen LogP contribution is 2.31. The van der Waals surface area contributed by atoms with Crippen LogP contribution in [0.4, 0.5) is 10.5 Å². The topological polar surface area (TPSA) is 67.9 Å². The molecule has 1 saturated carbocycles. The molecule has 1 aliphatic heterocycles. The van der Waals surface area contributed by atoms with Crippen LogP contribution in [0.15, 0.2) is 18.2 Å². The van der Waals surface area contributed by atoms with E-state index >= 15 is 0 Å². The predicted octanol–water partition coefficient (Wildman–Crippen LogP) is 4.72. The summed E-state index contributed by atoms with van der Waals surface area (Å²) in [6, 6.07) is 5.69. The Morgan fingerprint density at radius 2 is 1.96 bits per heavy atom. The highest BCUT2D eigenvalue weighted by molar-refractivity contribution is 5.97. The number of carbonyl (C=O) groups is 2. The summed E-state index contributed by atoms with van der Waals surface area (Å²) in [6.07, 6.45) is 5.27. The van der Waals surface area contributed by atoms with Gasteiger partial charge in [-0.25, -0.2) is 4.79 Å². The second-order valence-electron chi connectivity index (χ2n) is 8.94. The molecule has 1 aliphatic carbocycles. The number of rotatable bonds is 4. The molecule has 1 N–H and O–H groups in total. The van der Waals surface area contributed by atoms with Crippen LogP contribution in [-0.2, 0) is 16.1 Å². The Hall–Kier alpha value is -2.24. The molecule has 1 aromatic carbocycles. The Morgan fingerprint density at radius 3 is 2.64 bits per heavy atom. The van der Waals surface area contributed by atoms with Gasteiger partial charge < -0.3 is 19.7 Å². The first-order chi connectivity index (χ1) is 13.2. The highest BCUT2D eigenvalue weighted by atomic mass is 16.6. The third kappa shape index (κ3) is 5.40. The summed E-state index contributed by atoms with van der Waals surface area (Å²) in [7, 11) is 0. The second kappa shape index (κ2) is 8.41. The van der Waals surface area contributed by atoms with E-state index in [-0.39, 0.29) is 12.0 Å². The number of amides is 2. The van der Waals surface area contributed by atoms with Crippen molar-refractivity contribution in [2.45, 2.75) is 78.0 Å². The number of fused-ring (bicyclic) bond motifs is 1. The van der Waals surface area contributed by atoms with Gasteiger partial charge in [-0.2, -0.15) is 0 Å². The van der Waals surface area contributed by atoms with Crippen molar-refractivity contribution in [3.05, 3.63) is 23.8 Å². The minimum Gasteiger partial charge on any atom is -0.479 e. The highest BCUT2D eigenvalue weighted by Gasteiger charge is 2.27. The summed E-state index contributed by atoms with van der Waals surface area (Å²) in [5.74, 6) is 1.02.